The van der Waals surface area contributed by atoms with Gasteiger partial charge < -0.3 is 15.5 Å². The second-order valence-electron chi connectivity index (χ2n) is 9.28. The van der Waals surface area contributed by atoms with Crippen LogP contribution in [0.3, 0.4) is 0 Å². The van der Waals surface area contributed by atoms with Crippen molar-refractivity contribution < 1.29 is 19.2 Å². The van der Waals surface area contributed by atoms with Crippen LogP contribution in [0, 0.1) is 5.92 Å². The molecule has 208 valence electrons. The number of benzene rings is 3. The Kier molecular flexibility index (Phi) is 8.80. The van der Waals surface area contributed by atoms with E-state index in [4.69, 9.17) is 0 Å². The molecular weight excluding hydrogens is 608 g/mol. The third-order valence-corrected chi connectivity index (χ3v) is 7.77. The lowest BCUT2D eigenvalue weighted by atomic mass is 10.1. The van der Waals surface area contributed by atoms with Crippen LogP contribution in [-0.4, -0.2) is 46.9 Å². The quantitative estimate of drug-likeness (QED) is 0.248. The number of hydrogen-bond donors (Lipinski definition) is 3. The SMILES string of the molecule is O=C(NCCc1nnc(NC(=O)c2ccc(NC(=O)C3CC(=O)N(c4ccccc4)C3)cc2)s1)c1cccc(Br)c1. The predicted octanol–water partition coefficient (Wildman–Crippen LogP) is 4.52. The number of aromatic nitrogens is 2. The van der Waals surface area contributed by atoms with E-state index in [2.05, 4.69) is 42.1 Å². The zero-order chi connectivity index (χ0) is 28.8. The summed E-state index contributed by atoms with van der Waals surface area (Å²) in [6, 6.07) is 22.9. The van der Waals surface area contributed by atoms with E-state index in [0.29, 0.717) is 46.5 Å². The highest BCUT2D eigenvalue weighted by Gasteiger charge is 2.35. The van der Waals surface area contributed by atoms with Crippen LogP contribution < -0.4 is 20.9 Å². The van der Waals surface area contributed by atoms with Gasteiger partial charge in [-0.1, -0.05) is 51.5 Å². The molecule has 3 N–H and O–H groups in total. The Morgan fingerprint density at radius 1 is 0.902 bits per heavy atom. The van der Waals surface area contributed by atoms with Crippen LogP contribution in [0.1, 0.15) is 32.1 Å². The minimum atomic E-state index is -0.467. The van der Waals surface area contributed by atoms with Crippen molar-refractivity contribution in [1.29, 1.82) is 0 Å². The summed E-state index contributed by atoms with van der Waals surface area (Å²) in [5.41, 5.74) is 2.24. The molecule has 2 heterocycles. The molecule has 4 amide bonds. The third-order valence-electron chi connectivity index (χ3n) is 6.38. The molecule has 0 bridgehead atoms. The minimum absolute atomic E-state index is 0.0893. The van der Waals surface area contributed by atoms with Crippen LogP contribution in [0.5, 0.6) is 0 Å². The molecule has 1 aliphatic rings. The highest BCUT2D eigenvalue weighted by Crippen LogP contribution is 2.26. The van der Waals surface area contributed by atoms with Crippen molar-refractivity contribution in [3.05, 3.63) is 99.5 Å². The standard InChI is InChI=1S/C29H25BrN6O4S/c30-21-6-4-5-19(15-21)26(38)31-14-13-24-34-35-29(41-24)33-27(39)18-9-11-22(12-10-18)32-28(40)20-16-25(37)36(17-20)23-7-2-1-3-8-23/h1-12,15,20H,13-14,16-17H2,(H,31,38)(H,32,40)(H,33,35,39). The summed E-state index contributed by atoms with van der Waals surface area (Å²) in [6.07, 6.45) is 0.611. The second kappa shape index (κ2) is 12.8. The van der Waals surface area contributed by atoms with Gasteiger partial charge >= 0.3 is 0 Å². The van der Waals surface area contributed by atoms with Crippen LogP contribution >= 0.6 is 27.3 Å². The number of carbonyl (C=O) groups excluding carboxylic acids is 4. The van der Waals surface area contributed by atoms with Gasteiger partial charge in [0, 0.05) is 52.9 Å². The Morgan fingerprint density at radius 3 is 2.44 bits per heavy atom. The van der Waals surface area contributed by atoms with Gasteiger partial charge in [-0.15, -0.1) is 10.2 Å². The van der Waals surface area contributed by atoms with E-state index in [1.165, 1.54) is 11.3 Å². The topological polar surface area (TPSA) is 133 Å². The van der Waals surface area contributed by atoms with E-state index in [9.17, 15) is 19.2 Å². The van der Waals surface area contributed by atoms with Crippen molar-refractivity contribution in [2.45, 2.75) is 12.8 Å². The van der Waals surface area contributed by atoms with E-state index in [1.807, 2.05) is 36.4 Å². The summed E-state index contributed by atoms with van der Waals surface area (Å²) in [5, 5.41) is 17.5. The Balaban J connectivity index is 1.09. The van der Waals surface area contributed by atoms with E-state index in [-0.39, 0.29) is 30.0 Å². The van der Waals surface area contributed by atoms with Crippen molar-refractivity contribution in [2.75, 3.05) is 28.6 Å². The molecule has 0 spiro atoms. The van der Waals surface area contributed by atoms with Crippen molar-refractivity contribution in [3.8, 4) is 0 Å². The van der Waals surface area contributed by atoms with Crippen molar-refractivity contribution in [1.82, 2.24) is 15.5 Å². The molecule has 1 fully saturated rings. The number of nitrogens with zero attached hydrogens (tertiary/aromatic N) is 3. The van der Waals surface area contributed by atoms with Crippen LogP contribution in [0.15, 0.2) is 83.3 Å². The number of anilines is 3. The van der Waals surface area contributed by atoms with Crippen LogP contribution in [0.25, 0.3) is 0 Å². The molecule has 41 heavy (non-hydrogen) atoms. The lowest BCUT2D eigenvalue weighted by molar-refractivity contribution is -0.122. The Morgan fingerprint density at radius 2 is 1.68 bits per heavy atom. The van der Waals surface area contributed by atoms with Gasteiger partial charge in [-0.2, -0.15) is 0 Å². The maximum absolute atomic E-state index is 12.8. The third kappa shape index (κ3) is 7.21. The normalized spacial score (nSPS) is 14.5. The summed E-state index contributed by atoms with van der Waals surface area (Å²) < 4.78 is 0.825. The van der Waals surface area contributed by atoms with Gasteiger partial charge in [-0.3, -0.25) is 24.5 Å². The second-order valence-corrected chi connectivity index (χ2v) is 11.3. The summed E-state index contributed by atoms with van der Waals surface area (Å²) in [4.78, 5) is 51.8. The zero-order valence-corrected chi connectivity index (χ0v) is 24.1. The fourth-order valence-corrected chi connectivity index (χ4v) is 5.41. The zero-order valence-electron chi connectivity index (χ0n) is 21.7. The van der Waals surface area contributed by atoms with Crippen molar-refractivity contribution in [2.24, 2.45) is 5.92 Å². The largest absolute Gasteiger partial charge is 0.352 e. The van der Waals surface area contributed by atoms with Gasteiger partial charge in [0.2, 0.25) is 16.9 Å². The minimum Gasteiger partial charge on any atom is -0.352 e. The number of nitrogens with one attached hydrogen (secondary N) is 3. The van der Waals surface area contributed by atoms with E-state index < -0.39 is 5.92 Å². The average molecular weight is 634 g/mol. The molecule has 12 heteroatoms. The molecular formula is C29H25BrN6O4S. The van der Waals surface area contributed by atoms with Crippen molar-refractivity contribution >= 4 is 67.4 Å². The van der Waals surface area contributed by atoms with Gasteiger partial charge in [-0.25, -0.2) is 0 Å². The molecule has 10 nitrogen and oxygen atoms in total. The first-order chi connectivity index (χ1) is 19.9. The highest BCUT2D eigenvalue weighted by atomic mass is 79.9. The maximum Gasteiger partial charge on any atom is 0.257 e. The number of hydrogen-bond acceptors (Lipinski definition) is 7. The fraction of sp³-hybridized carbons (Fsp3) is 0.172. The van der Waals surface area contributed by atoms with Crippen LogP contribution in [0.2, 0.25) is 0 Å². The maximum atomic E-state index is 12.8. The summed E-state index contributed by atoms with van der Waals surface area (Å²) >= 11 is 4.58. The first-order valence-electron chi connectivity index (χ1n) is 12.8. The molecule has 1 atom stereocenters. The lowest BCUT2D eigenvalue weighted by Gasteiger charge is -2.16. The van der Waals surface area contributed by atoms with E-state index in [0.717, 1.165) is 10.2 Å². The monoisotopic (exact) mass is 632 g/mol. The summed E-state index contributed by atoms with van der Waals surface area (Å²) in [5.74, 6) is -1.36. The first kappa shape index (κ1) is 28.1. The van der Waals surface area contributed by atoms with E-state index >= 15 is 0 Å². The van der Waals surface area contributed by atoms with Gasteiger partial charge in [0.15, 0.2) is 0 Å². The molecule has 1 aliphatic heterocycles. The summed E-state index contributed by atoms with van der Waals surface area (Å²) in [7, 11) is 0. The Bertz CT molecular complexity index is 1580. The van der Waals surface area contributed by atoms with Gasteiger partial charge in [0.05, 0.1) is 5.92 Å². The Hall–Kier alpha value is -4.42. The van der Waals surface area contributed by atoms with Gasteiger partial charge in [0.1, 0.15) is 5.01 Å². The van der Waals surface area contributed by atoms with Crippen molar-refractivity contribution in [3.63, 3.8) is 0 Å². The number of halogens is 1. The predicted molar refractivity (Wildman–Crippen MR) is 160 cm³/mol. The number of carbonyl (C=O) groups is 4. The molecule has 1 aromatic heterocycles. The molecule has 1 saturated heterocycles. The molecule has 0 radical (unpaired) electrons. The Labute approximate surface area is 248 Å². The van der Waals surface area contributed by atoms with Crippen LogP contribution in [-0.2, 0) is 16.0 Å². The van der Waals surface area contributed by atoms with Gasteiger partial charge in [-0.05, 0) is 54.6 Å². The number of amides is 4. The highest BCUT2D eigenvalue weighted by molar-refractivity contribution is 9.10. The molecule has 3 aromatic carbocycles. The van der Waals surface area contributed by atoms with E-state index in [1.54, 1.807) is 47.4 Å². The molecule has 1 unspecified atom stereocenters. The number of rotatable bonds is 9. The first-order valence-corrected chi connectivity index (χ1v) is 14.4. The smallest absolute Gasteiger partial charge is 0.257 e. The lowest BCUT2D eigenvalue weighted by Crippen LogP contribution is -2.28. The van der Waals surface area contributed by atoms with Crippen LogP contribution in [0.4, 0.5) is 16.5 Å². The molecule has 5 rings (SSSR count). The number of para-hydroxylation sites is 1. The average Bonchev–Trinajstić information content (AvgIpc) is 3.60. The molecule has 0 aliphatic carbocycles. The van der Waals surface area contributed by atoms with Gasteiger partial charge in [0.25, 0.3) is 11.8 Å². The molecule has 0 saturated carbocycles. The fourth-order valence-electron chi connectivity index (χ4n) is 4.28. The molecule has 4 aromatic rings. The summed E-state index contributed by atoms with van der Waals surface area (Å²) in [6.45, 7) is 0.691.